The van der Waals surface area contributed by atoms with Gasteiger partial charge in [-0.2, -0.15) is 0 Å². The van der Waals surface area contributed by atoms with Crippen LogP contribution in [-0.4, -0.2) is 21.9 Å². The zero-order valence-electron chi connectivity index (χ0n) is 20.4. The second-order valence-corrected chi connectivity index (χ2v) is 6.72. The van der Waals surface area contributed by atoms with Gasteiger partial charge in [-0.15, -0.1) is 0 Å². The van der Waals surface area contributed by atoms with Crippen molar-refractivity contribution in [3.63, 3.8) is 0 Å². The lowest BCUT2D eigenvalue weighted by Gasteiger charge is -2.10. The molecule has 1 aromatic heterocycles. The Morgan fingerprint density at radius 2 is 1.91 bits per heavy atom. The van der Waals surface area contributed by atoms with Gasteiger partial charge in [-0.25, -0.2) is 9.37 Å². The van der Waals surface area contributed by atoms with Crippen LogP contribution in [0.25, 0.3) is 16.8 Å². The van der Waals surface area contributed by atoms with Crippen molar-refractivity contribution in [2.24, 2.45) is 0 Å². The van der Waals surface area contributed by atoms with E-state index in [1.807, 2.05) is 51.1 Å². The lowest BCUT2D eigenvalue weighted by atomic mass is 10.0. The molecule has 3 aromatic rings. The van der Waals surface area contributed by atoms with E-state index >= 15 is 0 Å². The van der Waals surface area contributed by atoms with Gasteiger partial charge in [0.15, 0.2) is 0 Å². The number of benzene rings is 2. The number of imidazole rings is 1. The summed E-state index contributed by atoms with van der Waals surface area (Å²) in [6, 6.07) is 14.4. The predicted molar refractivity (Wildman–Crippen MR) is 140 cm³/mol. The van der Waals surface area contributed by atoms with Crippen molar-refractivity contribution in [3.8, 4) is 11.3 Å². The molecule has 6 nitrogen and oxygen atoms in total. The third-order valence-electron chi connectivity index (χ3n) is 4.56. The van der Waals surface area contributed by atoms with E-state index in [2.05, 4.69) is 21.9 Å². The van der Waals surface area contributed by atoms with Crippen LogP contribution >= 0.6 is 0 Å². The number of halogens is 1. The molecule has 2 aromatic carbocycles. The van der Waals surface area contributed by atoms with Gasteiger partial charge in [-0.1, -0.05) is 69.8 Å². The maximum absolute atomic E-state index is 12.1. The minimum absolute atomic E-state index is 0.0139. The second-order valence-electron chi connectivity index (χ2n) is 6.72. The molecule has 0 unspecified atom stereocenters. The Balaban J connectivity index is 0.000000493. The van der Waals surface area contributed by atoms with Crippen molar-refractivity contribution in [1.82, 2.24) is 9.97 Å². The Morgan fingerprint density at radius 1 is 1.24 bits per heavy atom. The summed E-state index contributed by atoms with van der Waals surface area (Å²) in [6.07, 6.45) is 7.19. The van der Waals surface area contributed by atoms with E-state index < -0.39 is 4.92 Å². The number of nitro groups is 1. The van der Waals surface area contributed by atoms with Gasteiger partial charge in [0.1, 0.15) is 5.82 Å². The van der Waals surface area contributed by atoms with Crippen LogP contribution in [0, 0.1) is 10.1 Å². The first-order valence-corrected chi connectivity index (χ1v) is 11.1. The van der Waals surface area contributed by atoms with Gasteiger partial charge in [0, 0.05) is 36.0 Å². The normalized spacial score (nSPS) is 10.6. The number of allylic oxidation sites excluding steroid dienone is 4. The Labute approximate surface area is 201 Å². The molecule has 34 heavy (non-hydrogen) atoms. The summed E-state index contributed by atoms with van der Waals surface area (Å²) in [5.74, 6) is 0.508. The van der Waals surface area contributed by atoms with Crippen LogP contribution in [0.3, 0.4) is 0 Å². The van der Waals surface area contributed by atoms with Crippen molar-refractivity contribution in [3.05, 3.63) is 107 Å². The molecule has 0 aliphatic heterocycles. The maximum atomic E-state index is 12.1. The molecule has 0 radical (unpaired) electrons. The molecule has 0 fully saturated rings. The maximum Gasteiger partial charge on any atom is 0.270 e. The van der Waals surface area contributed by atoms with Gasteiger partial charge in [0.05, 0.1) is 22.6 Å². The SMILES string of the molecule is C/C=C\C=C(\F)CC.C=C(c1ncc(-c2ccccc2)[nH]1)c1cc([N+](=O)[O-])ccc1NC.CC. The van der Waals surface area contributed by atoms with Crippen LogP contribution in [-0.2, 0) is 0 Å². The van der Waals surface area contributed by atoms with Crippen molar-refractivity contribution >= 4 is 16.9 Å². The third-order valence-corrected chi connectivity index (χ3v) is 4.56. The topological polar surface area (TPSA) is 83.8 Å². The first-order chi connectivity index (χ1) is 16.4. The monoisotopic (exact) mass is 464 g/mol. The van der Waals surface area contributed by atoms with Gasteiger partial charge < -0.3 is 10.3 Å². The molecule has 0 aliphatic carbocycles. The summed E-state index contributed by atoms with van der Waals surface area (Å²) >= 11 is 0. The lowest BCUT2D eigenvalue weighted by molar-refractivity contribution is -0.384. The van der Waals surface area contributed by atoms with Gasteiger partial charge in [0.25, 0.3) is 5.69 Å². The molecule has 180 valence electrons. The highest BCUT2D eigenvalue weighted by Gasteiger charge is 2.16. The van der Waals surface area contributed by atoms with Crippen LogP contribution in [0.15, 0.2) is 85.4 Å². The Bertz CT molecular complexity index is 1120. The molecular formula is C27H33FN4O2. The minimum Gasteiger partial charge on any atom is -0.388 e. The molecule has 0 spiro atoms. The fourth-order valence-electron chi connectivity index (χ4n) is 2.80. The minimum atomic E-state index is -0.423. The molecule has 0 amide bonds. The predicted octanol–water partition coefficient (Wildman–Crippen LogP) is 7.94. The number of anilines is 1. The number of H-pyrrole nitrogens is 1. The van der Waals surface area contributed by atoms with E-state index in [4.69, 9.17) is 0 Å². The van der Waals surface area contributed by atoms with Crippen molar-refractivity contribution in [1.29, 1.82) is 0 Å². The van der Waals surface area contributed by atoms with Crippen LogP contribution in [0.4, 0.5) is 15.8 Å². The fraction of sp³-hybridized carbons (Fsp3) is 0.222. The number of nitro benzene ring substituents is 1. The Kier molecular flexibility index (Phi) is 12.3. The van der Waals surface area contributed by atoms with Crippen LogP contribution in [0.2, 0.25) is 0 Å². The fourth-order valence-corrected chi connectivity index (χ4v) is 2.80. The largest absolute Gasteiger partial charge is 0.388 e. The summed E-state index contributed by atoms with van der Waals surface area (Å²) < 4.78 is 12.1. The second kappa shape index (κ2) is 14.9. The highest BCUT2D eigenvalue weighted by molar-refractivity contribution is 5.84. The van der Waals surface area contributed by atoms with E-state index in [0.29, 0.717) is 23.4 Å². The highest BCUT2D eigenvalue weighted by atomic mass is 19.1. The number of aromatic amines is 1. The smallest absolute Gasteiger partial charge is 0.270 e. The van der Waals surface area contributed by atoms with Gasteiger partial charge in [-0.3, -0.25) is 10.1 Å². The van der Waals surface area contributed by atoms with E-state index in [1.165, 1.54) is 18.2 Å². The number of hydrogen-bond donors (Lipinski definition) is 2. The molecule has 0 atom stereocenters. The van der Waals surface area contributed by atoms with E-state index in [1.54, 1.807) is 38.4 Å². The number of non-ortho nitro benzene ring substituents is 1. The summed E-state index contributed by atoms with van der Waals surface area (Å²) in [7, 11) is 1.76. The molecule has 1 heterocycles. The number of nitrogens with one attached hydrogen (secondary N) is 2. The number of nitrogens with zero attached hydrogens (tertiary/aromatic N) is 2. The molecule has 0 bridgehead atoms. The summed E-state index contributed by atoms with van der Waals surface area (Å²) in [5, 5.41) is 14.1. The molecule has 0 saturated heterocycles. The number of rotatable bonds is 7. The first-order valence-electron chi connectivity index (χ1n) is 11.1. The summed E-state index contributed by atoms with van der Waals surface area (Å²) in [6.45, 7) is 11.7. The number of aromatic nitrogens is 2. The lowest BCUT2D eigenvalue weighted by Crippen LogP contribution is -1.99. The third kappa shape index (κ3) is 8.16. The average molecular weight is 465 g/mol. The van der Waals surface area contributed by atoms with Crippen molar-refractivity contribution in [2.75, 3.05) is 12.4 Å². The molecule has 0 saturated carbocycles. The zero-order chi connectivity index (χ0) is 25.5. The molecule has 3 rings (SSSR count). The molecule has 7 heteroatoms. The Hall–Kier alpha value is -4.00. The van der Waals surface area contributed by atoms with Crippen LogP contribution in [0.5, 0.6) is 0 Å². The van der Waals surface area contributed by atoms with Crippen LogP contribution in [0.1, 0.15) is 45.5 Å². The van der Waals surface area contributed by atoms with Crippen LogP contribution < -0.4 is 5.32 Å². The van der Waals surface area contributed by atoms with E-state index in [0.717, 1.165) is 16.9 Å². The van der Waals surface area contributed by atoms with Crippen molar-refractivity contribution < 1.29 is 9.31 Å². The van der Waals surface area contributed by atoms with Gasteiger partial charge in [0.2, 0.25) is 0 Å². The number of hydrogen-bond acceptors (Lipinski definition) is 4. The van der Waals surface area contributed by atoms with Gasteiger partial charge >= 0.3 is 0 Å². The first kappa shape index (κ1) is 28.0. The quantitative estimate of drug-likeness (QED) is 0.211. The van der Waals surface area contributed by atoms with Gasteiger partial charge in [-0.05, 0) is 31.1 Å². The summed E-state index contributed by atoms with van der Waals surface area (Å²) in [5.41, 5.74) is 3.87. The molecule has 0 aliphatic rings. The van der Waals surface area contributed by atoms with E-state index in [-0.39, 0.29) is 11.5 Å². The standard InChI is InChI=1S/C18H16N4O2.C7H11F.C2H6/c1-12(15-10-14(22(23)24)8-9-16(15)19-2)18-20-11-17(21-18)13-6-4-3-5-7-13;1-3-5-6-7(8)4-2;1-2/h3-11,19H,1H2,2H3,(H,20,21);3,5-6H,4H2,1-2H3;1-2H3/b;5-3-,7-6+;. The Morgan fingerprint density at radius 3 is 2.47 bits per heavy atom. The average Bonchev–Trinajstić information content (AvgIpc) is 3.39. The zero-order valence-corrected chi connectivity index (χ0v) is 20.4. The highest BCUT2D eigenvalue weighted by Crippen LogP contribution is 2.31. The summed E-state index contributed by atoms with van der Waals surface area (Å²) in [4.78, 5) is 18.2. The molecular weight excluding hydrogens is 431 g/mol. The van der Waals surface area contributed by atoms with E-state index in [9.17, 15) is 14.5 Å². The van der Waals surface area contributed by atoms with Crippen molar-refractivity contribution in [2.45, 2.75) is 34.1 Å². The molecule has 2 N–H and O–H groups in total.